The molecule has 2 aliphatic heterocycles. The first kappa shape index (κ1) is 15.4. The molecular formula is C21H24N2O. The Morgan fingerprint density at radius 3 is 2.79 bits per heavy atom. The lowest BCUT2D eigenvalue weighted by Gasteiger charge is -2.36. The maximum Gasteiger partial charge on any atom is 0.241 e. The monoisotopic (exact) mass is 320 g/mol. The highest BCUT2D eigenvalue weighted by atomic mass is 16.2. The van der Waals surface area contributed by atoms with Gasteiger partial charge >= 0.3 is 0 Å². The van der Waals surface area contributed by atoms with Crippen molar-refractivity contribution < 1.29 is 4.79 Å². The zero-order chi connectivity index (χ0) is 16.6. The molecule has 1 fully saturated rings. The average molecular weight is 320 g/mol. The van der Waals surface area contributed by atoms with Gasteiger partial charge in [-0.2, -0.15) is 0 Å². The van der Waals surface area contributed by atoms with Gasteiger partial charge in [-0.05, 0) is 43.0 Å². The molecule has 1 saturated heterocycles. The highest BCUT2D eigenvalue weighted by Gasteiger charge is 2.48. The van der Waals surface area contributed by atoms with Gasteiger partial charge < -0.3 is 5.32 Å². The topological polar surface area (TPSA) is 32.3 Å². The van der Waals surface area contributed by atoms with Crippen LogP contribution in [-0.4, -0.2) is 22.9 Å². The van der Waals surface area contributed by atoms with E-state index in [1.54, 1.807) is 0 Å². The fourth-order valence-corrected chi connectivity index (χ4v) is 4.29. The molecule has 1 unspecified atom stereocenters. The van der Waals surface area contributed by atoms with Crippen LogP contribution in [0.1, 0.15) is 35.1 Å². The molecule has 1 atom stereocenters. The van der Waals surface area contributed by atoms with Crippen LogP contribution in [0.3, 0.4) is 0 Å². The van der Waals surface area contributed by atoms with Crippen LogP contribution in [0.25, 0.3) is 0 Å². The van der Waals surface area contributed by atoms with Gasteiger partial charge in [0.2, 0.25) is 5.91 Å². The summed E-state index contributed by atoms with van der Waals surface area (Å²) in [7, 11) is 0. The van der Waals surface area contributed by atoms with E-state index in [-0.39, 0.29) is 5.91 Å². The van der Waals surface area contributed by atoms with Crippen LogP contribution in [0.15, 0.2) is 48.5 Å². The molecular weight excluding hydrogens is 296 g/mol. The molecule has 2 heterocycles. The molecule has 2 aromatic carbocycles. The molecule has 0 bridgehead atoms. The van der Waals surface area contributed by atoms with Gasteiger partial charge in [0.1, 0.15) is 5.54 Å². The first-order valence-corrected chi connectivity index (χ1v) is 8.83. The Hall–Kier alpha value is -2.13. The van der Waals surface area contributed by atoms with Gasteiger partial charge in [0.15, 0.2) is 0 Å². The number of hydrogen-bond acceptors (Lipinski definition) is 2. The molecule has 0 saturated carbocycles. The standard InChI is InChI=1S/C21H24N2O/c1-16-6-4-7-17(12-16)15-23-11-5-10-21(23)13-18-8-2-3-9-19(18)14-22-20(21)24/h2-4,6-9,12H,5,10-11,13-15H2,1H3,(H,22,24). The first-order valence-electron chi connectivity index (χ1n) is 8.83. The van der Waals surface area contributed by atoms with Gasteiger partial charge in [-0.15, -0.1) is 0 Å². The van der Waals surface area contributed by atoms with E-state index in [1.165, 1.54) is 22.3 Å². The van der Waals surface area contributed by atoms with Gasteiger partial charge in [-0.25, -0.2) is 0 Å². The molecule has 0 aromatic heterocycles. The lowest BCUT2D eigenvalue weighted by Crippen LogP contribution is -2.55. The van der Waals surface area contributed by atoms with Crippen LogP contribution < -0.4 is 5.32 Å². The number of carbonyl (C=O) groups is 1. The first-order chi connectivity index (χ1) is 11.7. The molecule has 124 valence electrons. The normalized spacial score (nSPS) is 23.8. The minimum Gasteiger partial charge on any atom is -0.350 e. The van der Waals surface area contributed by atoms with Crippen LogP contribution in [0, 0.1) is 6.92 Å². The highest BCUT2D eigenvalue weighted by Crippen LogP contribution is 2.36. The Balaban J connectivity index is 1.67. The molecule has 1 N–H and O–H groups in total. The lowest BCUT2D eigenvalue weighted by molar-refractivity contribution is -0.132. The predicted octanol–water partition coefficient (Wildman–Crippen LogP) is 3.20. The number of aryl methyl sites for hydroxylation is 1. The molecule has 0 radical (unpaired) electrons. The van der Waals surface area contributed by atoms with Crippen LogP contribution in [0.4, 0.5) is 0 Å². The lowest BCUT2D eigenvalue weighted by atomic mass is 9.86. The Kier molecular flexibility index (Phi) is 3.89. The van der Waals surface area contributed by atoms with Gasteiger partial charge in [0, 0.05) is 19.5 Å². The predicted molar refractivity (Wildman–Crippen MR) is 95.5 cm³/mol. The largest absolute Gasteiger partial charge is 0.350 e. The van der Waals surface area contributed by atoms with E-state index in [0.29, 0.717) is 6.54 Å². The van der Waals surface area contributed by atoms with Crippen LogP contribution in [-0.2, 0) is 24.3 Å². The summed E-state index contributed by atoms with van der Waals surface area (Å²) in [5.74, 6) is 0.198. The number of amides is 1. The Morgan fingerprint density at radius 2 is 1.96 bits per heavy atom. The van der Waals surface area contributed by atoms with E-state index >= 15 is 0 Å². The fourth-order valence-electron chi connectivity index (χ4n) is 4.29. The maximum absolute atomic E-state index is 13.0. The number of carbonyl (C=O) groups excluding carboxylic acids is 1. The molecule has 2 aliphatic rings. The summed E-state index contributed by atoms with van der Waals surface area (Å²) in [6.07, 6.45) is 2.85. The van der Waals surface area contributed by atoms with Gasteiger partial charge in [-0.3, -0.25) is 9.69 Å². The summed E-state index contributed by atoms with van der Waals surface area (Å²) in [5, 5.41) is 3.18. The molecule has 3 heteroatoms. The fraction of sp³-hybridized carbons (Fsp3) is 0.381. The van der Waals surface area contributed by atoms with Gasteiger partial charge in [-0.1, -0.05) is 54.1 Å². The van der Waals surface area contributed by atoms with Crippen molar-refractivity contribution >= 4 is 5.91 Å². The quantitative estimate of drug-likeness (QED) is 0.921. The van der Waals surface area contributed by atoms with Crippen molar-refractivity contribution in [2.24, 2.45) is 0 Å². The second kappa shape index (κ2) is 6.06. The molecule has 0 aliphatic carbocycles. The minimum atomic E-state index is -0.393. The number of fused-ring (bicyclic) bond motifs is 1. The van der Waals surface area contributed by atoms with Gasteiger partial charge in [0.25, 0.3) is 0 Å². The number of benzene rings is 2. The third-order valence-corrected chi connectivity index (χ3v) is 5.54. The summed E-state index contributed by atoms with van der Waals surface area (Å²) >= 11 is 0. The number of likely N-dealkylation sites (tertiary alicyclic amines) is 1. The molecule has 2 aromatic rings. The summed E-state index contributed by atoms with van der Waals surface area (Å²) in [5.41, 5.74) is 4.74. The molecule has 1 amide bonds. The van der Waals surface area contributed by atoms with Crippen molar-refractivity contribution in [1.29, 1.82) is 0 Å². The van der Waals surface area contributed by atoms with Crippen molar-refractivity contribution in [3.63, 3.8) is 0 Å². The van der Waals surface area contributed by atoms with Gasteiger partial charge in [0.05, 0.1) is 0 Å². The third kappa shape index (κ3) is 2.63. The highest BCUT2D eigenvalue weighted by molar-refractivity contribution is 5.87. The van der Waals surface area contributed by atoms with Crippen molar-refractivity contribution in [2.75, 3.05) is 6.54 Å². The number of nitrogens with zero attached hydrogens (tertiary/aromatic N) is 1. The Morgan fingerprint density at radius 1 is 1.12 bits per heavy atom. The summed E-state index contributed by atoms with van der Waals surface area (Å²) in [6.45, 7) is 4.60. The molecule has 3 nitrogen and oxygen atoms in total. The SMILES string of the molecule is Cc1cccc(CN2CCCC23Cc2ccccc2CNC3=O)c1. The van der Waals surface area contributed by atoms with E-state index in [4.69, 9.17) is 0 Å². The Bertz CT molecular complexity index is 770. The van der Waals surface area contributed by atoms with Crippen molar-refractivity contribution in [2.45, 2.75) is 44.8 Å². The minimum absolute atomic E-state index is 0.198. The zero-order valence-corrected chi connectivity index (χ0v) is 14.2. The van der Waals surface area contributed by atoms with Crippen molar-refractivity contribution in [1.82, 2.24) is 10.2 Å². The van der Waals surface area contributed by atoms with Crippen molar-refractivity contribution in [3.8, 4) is 0 Å². The van der Waals surface area contributed by atoms with Crippen LogP contribution in [0.5, 0.6) is 0 Å². The molecule has 24 heavy (non-hydrogen) atoms. The van der Waals surface area contributed by atoms with E-state index < -0.39 is 5.54 Å². The third-order valence-electron chi connectivity index (χ3n) is 5.54. The van der Waals surface area contributed by atoms with Crippen LogP contribution in [0.2, 0.25) is 0 Å². The number of rotatable bonds is 2. The van der Waals surface area contributed by atoms with E-state index in [0.717, 1.165) is 32.4 Å². The molecule has 4 rings (SSSR count). The maximum atomic E-state index is 13.0. The number of nitrogens with one attached hydrogen (secondary N) is 1. The van der Waals surface area contributed by atoms with E-state index in [1.807, 2.05) is 0 Å². The summed E-state index contributed by atoms with van der Waals surface area (Å²) in [6, 6.07) is 17.1. The van der Waals surface area contributed by atoms with E-state index in [9.17, 15) is 4.79 Å². The smallest absolute Gasteiger partial charge is 0.241 e. The van der Waals surface area contributed by atoms with E-state index in [2.05, 4.69) is 65.7 Å². The van der Waals surface area contributed by atoms with Crippen LogP contribution >= 0.6 is 0 Å². The summed E-state index contributed by atoms with van der Waals surface area (Å²) < 4.78 is 0. The van der Waals surface area contributed by atoms with Crippen molar-refractivity contribution in [3.05, 3.63) is 70.8 Å². The second-order valence-electron chi connectivity index (χ2n) is 7.17. The Labute approximate surface area is 143 Å². The molecule has 1 spiro atoms. The number of hydrogen-bond donors (Lipinski definition) is 1. The average Bonchev–Trinajstić information content (AvgIpc) is 2.90. The second-order valence-corrected chi connectivity index (χ2v) is 7.17. The summed E-state index contributed by atoms with van der Waals surface area (Å²) in [4.78, 5) is 15.4. The zero-order valence-electron chi connectivity index (χ0n) is 14.2.